The van der Waals surface area contributed by atoms with Gasteiger partial charge in [0.1, 0.15) is 31.9 Å². The van der Waals surface area contributed by atoms with Crippen molar-refractivity contribution < 1.29 is 33.4 Å². The molecule has 4 aromatic rings. The Hall–Kier alpha value is -5.64. The van der Waals surface area contributed by atoms with Crippen molar-refractivity contribution in [1.82, 2.24) is 16.0 Å². The zero-order chi connectivity index (χ0) is 33.8. The number of nitrogens with one attached hydrogen (secondary N) is 3. The predicted molar refractivity (Wildman–Crippen MR) is 180 cm³/mol. The van der Waals surface area contributed by atoms with Crippen LogP contribution in [0.25, 0.3) is 0 Å². The van der Waals surface area contributed by atoms with E-state index in [1.54, 1.807) is 0 Å². The second-order valence-corrected chi connectivity index (χ2v) is 11.1. The lowest BCUT2D eigenvalue weighted by Crippen LogP contribution is -2.52. The number of hydrogen-bond acceptors (Lipinski definition) is 7. The van der Waals surface area contributed by atoms with Gasteiger partial charge in [0.2, 0.25) is 5.91 Å². The summed E-state index contributed by atoms with van der Waals surface area (Å²) in [4.78, 5) is 51.8. The van der Waals surface area contributed by atoms with Crippen molar-refractivity contribution in [2.24, 2.45) is 0 Å². The maximum atomic E-state index is 13.6. The van der Waals surface area contributed by atoms with Crippen molar-refractivity contribution in [1.29, 1.82) is 0 Å². The molecule has 48 heavy (non-hydrogen) atoms. The highest BCUT2D eigenvalue weighted by molar-refractivity contribution is 5.89. The largest absolute Gasteiger partial charge is 0.459 e. The summed E-state index contributed by atoms with van der Waals surface area (Å²) in [6, 6.07) is 35.0. The first kappa shape index (κ1) is 35.2. The predicted octanol–water partition coefficient (Wildman–Crippen LogP) is 5.85. The smallest absolute Gasteiger partial charge is 0.408 e. The van der Waals surface area contributed by atoms with Crippen LogP contribution in [0.4, 0.5) is 9.59 Å². The van der Waals surface area contributed by atoms with E-state index in [0.29, 0.717) is 19.4 Å². The first-order valence-electron chi connectivity index (χ1n) is 15.9. The highest BCUT2D eigenvalue weighted by Gasteiger charge is 2.28. The third-order valence-electron chi connectivity index (χ3n) is 7.33. The number of hydrogen-bond donors (Lipinski definition) is 3. The molecule has 3 amide bonds. The summed E-state index contributed by atoms with van der Waals surface area (Å²) in [5.74, 6) is -1.15. The Bertz CT molecular complexity index is 1550. The molecule has 0 radical (unpaired) electrons. The number of rotatable bonds is 17. The second-order valence-electron chi connectivity index (χ2n) is 11.1. The van der Waals surface area contributed by atoms with Crippen LogP contribution in [-0.4, -0.2) is 42.7 Å². The van der Waals surface area contributed by atoms with Crippen LogP contribution in [0.1, 0.15) is 41.5 Å². The minimum atomic E-state index is -1.02. The summed E-state index contributed by atoms with van der Waals surface area (Å²) in [6.07, 6.45) is 0.0845. The molecular formula is C38H41N3O7. The van der Waals surface area contributed by atoms with Gasteiger partial charge in [-0.1, -0.05) is 121 Å². The molecule has 0 heterocycles. The molecule has 0 aliphatic rings. The van der Waals surface area contributed by atoms with Gasteiger partial charge in [0.05, 0.1) is 0 Å². The molecule has 0 saturated heterocycles. The maximum absolute atomic E-state index is 13.6. The Morgan fingerprint density at radius 1 is 0.500 bits per heavy atom. The van der Waals surface area contributed by atoms with Crippen LogP contribution in [0.3, 0.4) is 0 Å². The number of alkyl carbamates (subject to hydrolysis) is 2. The number of ether oxygens (including phenoxy) is 3. The molecule has 4 aromatic carbocycles. The van der Waals surface area contributed by atoms with Gasteiger partial charge >= 0.3 is 18.2 Å². The number of unbranched alkanes of at least 4 members (excludes halogenated alkanes) is 1. The van der Waals surface area contributed by atoms with Crippen LogP contribution in [0.2, 0.25) is 0 Å². The van der Waals surface area contributed by atoms with E-state index in [0.717, 1.165) is 22.3 Å². The number of carbonyl (C=O) groups excluding carboxylic acids is 4. The molecule has 0 fully saturated rings. The van der Waals surface area contributed by atoms with E-state index in [-0.39, 0.29) is 32.7 Å². The lowest BCUT2D eigenvalue weighted by Gasteiger charge is -2.23. The van der Waals surface area contributed by atoms with Crippen molar-refractivity contribution in [3.8, 4) is 0 Å². The van der Waals surface area contributed by atoms with Crippen molar-refractivity contribution in [2.75, 3.05) is 6.54 Å². The third kappa shape index (κ3) is 13.0. The standard InChI is InChI=1S/C38H41N3O7/c42-35(40-34(25-29-15-5-1-6-16-29)36(43)46-26-30-17-7-2-8-18-30)33(41-38(45)48-28-32-21-11-4-12-22-32)23-13-14-24-39-37(44)47-27-31-19-9-3-10-20-31/h1-12,15-22,33-34H,13-14,23-28H2,(H,39,44)(H,40,42)(H,41,45)/t33-,34+/m0/s1. The molecule has 4 rings (SSSR count). The number of amides is 3. The summed E-state index contributed by atoms with van der Waals surface area (Å²) in [6.45, 7) is 0.540. The third-order valence-corrected chi connectivity index (χ3v) is 7.33. The molecule has 0 bridgehead atoms. The van der Waals surface area contributed by atoms with E-state index in [9.17, 15) is 19.2 Å². The Morgan fingerprint density at radius 2 is 0.958 bits per heavy atom. The molecule has 10 heteroatoms. The molecule has 2 atom stereocenters. The van der Waals surface area contributed by atoms with E-state index in [2.05, 4.69) is 16.0 Å². The Balaban J connectivity index is 1.35. The highest BCUT2D eigenvalue weighted by atomic mass is 16.6. The fourth-order valence-corrected chi connectivity index (χ4v) is 4.76. The summed E-state index contributed by atoms with van der Waals surface area (Å²) in [7, 11) is 0. The number of carbonyl (C=O) groups is 4. The Kier molecular flexibility index (Phi) is 14.5. The first-order valence-corrected chi connectivity index (χ1v) is 15.9. The van der Waals surface area contributed by atoms with Gasteiger partial charge in [0.25, 0.3) is 0 Å². The van der Waals surface area contributed by atoms with Crippen LogP contribution in [0.5, 0.6) is 0 Å². The average Bonchev–Trinajstić information content (AvgIpc) is 3.13. The fraction of sp³-hybridized carbons (Fsp3) is 0.263. The first-order chi connectivity index (χ1) is 23.5. The minimum absolute atomic E-state index is 0.0263. The molecule has 0 unspecified atom stereocenters. The summed E-state index contributed by atoms with van der Waals surface area (Å²) in [5.41, 5.74) is 3.31. The second kappa shape index (κ2) is 19.8. The van der Waals surface area contributed by atoms with Crippen LogP contribution in [-0.2, 0) is 50.0 Å². The average molecular weight is 652 g/mol. The molecule has 3 N–H and O–H groups in total. The summed E-state index contributed by atoms with van der Waals surface area (Å²) < 4.78 is 16.2. The van der Waals surface area contributed by atoms with Gasteiger partial charge < -0.3 is 30.2 Å². The topological polar surface area (TPSA) is 132 Å². The molecule has 0 spiro atoms. The normalized spacial score (nSPS) is 11.8. The lowest BCUT2D eigenvalue weighted by atomic mass is 10.0. The monoisotopic (exact) mass is 651 g/mol. The number of esters is 1. The fourth-order valence-electron chi connectivity index (χ4n) is 4.76. The maximum Gasteiger partial charge on any atom is 0.408 e. The van der Waals surface area contributed by atoms with Crippen molar-refractivity contribution in [3.63, 3.8) is 0 Å². The van der Waals surface area contributed by atoms with Gasteiger partial charge in [-0.15, -0.1) is 0 Å². The zero-order valence-electron chi connectivity index (χ0n) is 26.7. The van der Waals surface area contributed by atoms with Crippen molar-refractivity contribution >= 4 is 24.1 Å². The van der Waals surface area contributed by atoms with Crippen LogP contribution < -0.4 is 16.0 Å². The van der Waals surface area contributed by atoms with Gasteiger partial charge in [-0.05, 0) is 41.5 Å². The molecule has 0 saturated carbocycles. The quantitative estimate of drug-likeness (QED) is 0.0742. The van der Waals surface area contributed by atoms with Crippen LogP contribution in [0, 0.1) is 0 Å². The van der Waals surface area contributed by atoms with E-state index in [1.165, 1.54) is 0 Å². The molecular weight excluding hydrogens is 610 g/mol. The van der Waals surface area contributed by atoms with E-state index >= 15 is 0 Å². The molecule has 0 aliphatic carbocycles. The molecule has 0 aliphatic heterocycles. The van der Waals surface area contributed by atoms with Crippen molar-refractivity contribution in [3.05, 3.63) is 144 Å². The van der Waals surface area contributed by atoms with E-state index < -0.39 is 36.1 Å². The van der Waals surface area contributed by atoms with Gasteiger partial charge in [-0.3, -0.25) is 4.79 Å². The lowest BCUT2D eigenvalue weighted by molar-refractivity contribution is -0.149. The Labute approximate surface area is 280 Å². The summed E-state index contributed by atoms with van der Waals surface area (Å²) in [5, 5.41) is 8.15. The van der Waals surface area contributed by atoms with Gasteiger partial charge in [0, 0.05) is 13.0 Å². The number of benzene rings is 4. The molecule has 0 aromatic heterocycles. The van der Waals surface area contributed by atoms with Crippen LogP contribution >= 0.6 is 0 Å². The van der Waals surface area contributed by atoms with E-state index in [1.807, 2.05) is 121 Å². The van der Waals surface area contributed by atoms with Crippen molar-refractivity contribution in [2.45, 2.75) is 57.6 Å². The highest BCUT2D eigenvalue weighted by Crippen LogP contribution is 2.10. The molecule has 250 valence electrons. The molecule has 10 nitrogen and oxygen atoms in total. The van der Waals surface area contributed by atoms with Gasteiger partial charge in [-0.25, -0.2) is 14.4 Å². The Morgan fingerprint density at radius 3 is 1.48 bits per heavy atom. The minimum Gasteiger partial charge on any atom is -0.459 e. The van der Waals surface area contributed by atoms with E-state index in [4.69, 9.17) is 14.2 Å². The van der Waals surface area contributed by atoms with Crippen LogP contribution in [0.15, 0.2) is 121 Å². The zero-order valence-corrected chi connectivity index (χ0v) is 26.7. The summed E-state index contributed by atoms with van der Waals surface area (Å²) >= 11 is 0. The van der Waals surface area contributed by atoms with Gasteiger partial charge in [-0.2, -0.15) is 0 Å². The van der Waals surface area contributed by atoms with Gasteiger partial charge in [0.15, 0.2) is 0 Å². The SMILES string of the molecule is O=C(NCCCC[C@H](NC(=O)OCc1ccccc1)C(=O)N[C@H](Cc1ccccc1)C(=O)OCc1ccccc1)OCc1ccccc1.